The van der Waals surface area contributed by atoms with Crippen LogP contribution in [0.1, 0.15) is 24.4 Å². The van der Waals surface area contributed by atoms with E-state index >= 15 is 0 Å². The van der Waals surface area contributed by atoms with Crippen LogP contribution in [-0.2, 0) is 11.4 Å². The number of likely N-dealkylation sites (tertiary alicyclic amines) is 1. The van der Waals surface area contributed by atoms with Crippen LogP contribution in [0.5, 0.6) is 5.75 Å². The molecule has 1 aliphatic heterocycles. The summed E-state index contributed by atoms with van der Waals surface area (Å²) in [7, 11) is 0. The Bertz CT molecular complexity index is 1460. The number of benzene rings is 2. The lowest BCUT2D eigenvalue weighted by Crippen LogP contribution is -2.40. The van der Waals surface area contributed by atoms with E-state index in [1.807, 2.05) is 4.68 Å². The number of nitrogens with zero attached hydrogens (tertiary/aromatic N) is 5. The second-order valence-electron chi connectivity index (χ2n) is 8.60. The van der Waals surface area contributed by atoms with E-state index in [0.717, 1.165) is 12.8 Å². The fourth-order valence-electron chi connectivity index (χ4n) is 4.49. The number of carbonyl (C=O) groups is 1. The molecule has 2 aromatic carbocycles. The standard InChI is InChI=1S/C26H24ClFN6O2/c1-2-22(35)33-10-4-7-18(13-33)34-26-23(25(29)30-15-31-26)24(32-34)20-9-8-19(12-21(20)27)36-14-16-5-3-6-17(28)11-16/h2-3,5-6,8-9,11-12,15,18H,1,4,7,10,13-14H2,(H2,29,30,31). The van der Waals surface area contributed by atoms with Crippen molar-refractivity contribution in [1.29, 1.82) is 0 Å². The highest BCUT2D eigenvalue weighted by Crippen LogP contribution is 2.38. The van der Waals surface area contributed by atoms with Gasteiger partial charge in [-0.1, -0.05) is 30.3 Å². The Morgan fingerprint density at radius 3 is 2.92 bits per heavy atom. The number of carbonyl (C=O) groups excluding carboxylic acids is 1. The summed E-state index contributed by atoms with van der Waals surface area (Å²) in [5.74, 6) is 0.398. The zero-order chi connectivity index (χ0) is 25.2. The molecule has 5 rings (SSSR count). The molecule has 8 nitrogen and oxygen atoms in total. The monoisotopic (exact) mass is 506 g/mol. The molecule has 2 N–H and O–H groups in total. The predicted molar refractivity (Wildman–Crippen MR) is 136 cm³/mol. The van der Waals surface area contributed by atoms with Crippen LogP contribution in [0, 0.1) is 5.82 Å². The van der Waals surface area contributed by atoms with Gasteiger partial charge in [-0.05, 0) is 54.8 Å². The number of rotatable bonds is 6. The first-order valence-corrected chi connectivity index (χ1v) is 11.9. The summed E-state index contributed by atoms with van der Waals surface area (Å²) in [6, 6.07) is 11.4. The van der Waals surface area contributed by atoms with E-state index in [9.17, 15) is 9.18 Å². The maximum absolute atomic E-state index is 13.4. The maximum atomic E-state index is 13.4. The molecule has 0 aliphatic carbocycles. The summed E-state index contributed by atoms with van der Waals surface area (Å²) in [4.78, 5) is 22.6. The van der Waals surface area contributed by atoms with Crippen LogP contribution < -0.4 is 10.5 Å². The minimum absolute atomic E-state index is 0.0825. The van der Waals surface area contributed by atoms with Crippen molar-refractivity contribution >= 4 is 34.4 Å². The molecule has 1 unspecified atom stereocenters. The lowest BCUT2D eigenvalue weighted by molar-refractivity contribution is -0.127. The fraction of sp³-hybridized carbons (Fsp3) is 0.231. The number of piperidine rings is 1. The largest absolute Gasteiger partial charge is 0.489 e. The maximum Gasteiger partial charge on any atom is 0.246 e. The average molecular weight is 507 g/mol. The van der Waals surface area contributed by atoms with Crippen molar-refractivity contribution in [3.8, 4) is 17.0 Å². The minimum Gasteiger partial charge on any atom is -0.489 e. The quantitative estimate of drug-likeness (QED) is 0.377. The van der Waals surface area contributed by atoms with E-state index in [1.165, 1.54) is 24.5 Å². The fourth-order valence-corrected chi connectivity index (χ4v) is 4.75. The van der Waals surface area contributed by atoms with E-state index in [2.05, 4.69) is 16.5 Å². The molecule has 36 heavy (non-hydrogen) atoms. The van der Waals surface area contributed by atoms with Gasteiger partial charge in [-0.15, -0.1) is 0 Å². The molecule has 1 fully saturated rings. The predicted octanol–water partition coefficient (Wildman–Crippen LogP) is 4.80. The van der Waals surface area contributed by atoms with Crippen molar-refractivity contribution < 1.29 is 13.9 Å². The number of nitrogen functional groups attached to an aromatic ring is 1. The van der Waals surface area contributed by atoms with Crippen molar-refractivity contribution in [2.45, 2.75) is 25.5 Å². The minimum atomic E-state index is -0.318. The number of ether oxygens (including phenoxy) is 1. The molecule has 184 valence electrons. The van der Waals surface area contributed by atoms with Gasteiger partial charge in [-0.25, -0.2) is 19.0 Å². The molecule has 1 aliphatic rings. The van der Waals surface area contributed by atoms with Crippen LogP contribution in [0.15, 0.2) is 61.4 Å². The van der Waals surface area contributed by atoms with Gasteiger partial charge < -0.3 is 15.4 Å². The molecule has 10 heteroatoms. The van der Waals surface area contributed by atoms with Gasteiger partial charge >= 0.3 is 0 Å². The van der Waals surface area contributed by atoms with Crippen molar-refractivity contribution in [2.75, 3.05) is 18.8 Å². The Hall–Kier alpha value is -3.98. The molecule has 0 bridgehead atoms. The Labute approximate surface area is 212 Å². The van der Waals surface area contributed by atoms with Crippen LogP contribution in [0.2, 0.25) is 5.02 Å². The molecule has 4 aromatic rings. The third-order valence-electron chi connectivity index (χ3n) is 6.24. The van der Waals surface area contributed by atoms with Crippen LogP contribution >= 0.6 is 11.6 Å². The smallest absolute Gasteiger partial charge is 0.246 e. The van der Waals surface area contributed by atoms with E-state index in [-0.39, 0.29) is 24.4 Å². The number of hydrogen-bond acceptors (Lipinski definition) is 6. The van der Waals surface area contributed by atoms with Crippen LogP contribution in [0.4, 0.5) is 10.2 Å². The summed E-state index contributed by atoms with van der Waals surface area (Å²) in [5.41, 5.74) is 8.75. The van der Waals surface area contributed by atoms with Crippen molar-refractivity contribution in [2.24, 2.45) is 0 Å². The van der Waals surface area contributed by atoms with Gasteiger partial charge in [0.1, 0.15) is 36.0 Å². The number of aromatic nitrogens is 4. The van der Waals surface area contributed by atoms with Crippen LogP contribution in [0.3, 0.4) is 0 Å². The lowest BCUT2D eigenvalue weighted by atomic mass is 10.1. The van der Waals surface area contributed by atoms with Crippen molar-refractivity contribution in [3.05, 3.63) is 77.9 Å². The number of halogens is 2. The molecule has 3 heterocycles. The zero-order valence-corrected chi connectivity index (χ0v) is 20.2. The number of fused-ring (bicyclic) bond motifs is 1. The van der Waals surface area contributed by atoms with E-state index in [1.54, 1.807) is 35.2 Å². The number of nitrogens with two attached hydrogens (primary N) is 1. The molecule has 2 aromatic heterocycles. The second kappa shape index (κ2) is 9.94. The van der Waals surface area contributed by atoms with E-state index in [4.69, 9.17) is 27.2 Å². The lowest BCUT2D eigenvalue weighted by Gasteiger charge is -2.32. The summed E-state index contributed by atoms with van der Waals surface area (Å²) >= 11 is 6.67. The average Bonchev–Trinajstić information content (AvgIpc) is 3.28. The first-order valence-electron chi connectivity index (χ1n) is 11.5. The Morgan fingerprint density at radius 2 is 2.14 bits per heavy atom. The number of anilines is 1. The Balaban J connectivity index is 1.47. The number of hydrogen-bond donors (Lipinski definition) is 1. The Kier molecular flexibility index (Phi) is 6.56. The van der Waals surface area contributed by atoms with Crippen molar-refractivity contribution in [3.63, 3.8) is 0 Å². The molecule has 0 saturated carbocycles. The first kappa shape index (κ1) is 23.7. The zero-order valence-electron chi connectivity index (χ0n) is 19.4. The van der Waals surface area contributed by atoms with Gasteiger partial charge in [-0.3, -0.25) is 4.79 Å². The van der Waals surface area contributed by atoms with Gasteiger partial charge in [0.15, 0.2) is 5.65 Å². The van der Waals surface area contributed by atoms with E-state index < -0.39 is 0 Å². The highest BCUT2D eigenvalue weighted by Gasteiger charge is 2.28. The highest BCUT2D eigenvalue weighted by molar-refractivity contribution is 6.33. The van der Waals surface area contributed by atoms with Gasteiger partial charge in [0.2, 0.25) is 5.91 Å². The van der Waals surface area contributed by atoms with Gasteiger partial charge in [0, 0.05) is 18.7 Å². The number of amides is 1. The molecule has 1 amide bonds. The SMILES string of the molecule is C=CC(=O)N1CCCC(n2nc(-c3ccc(OCc4cccc(F)c4)cc3Cl)c3c(N)ncnc32)C1. The molecule has 0 spiro atoms. The first-order chi connectivity index (χ1) is 17.4. The van der Waals surface area contributed by atoms with Gasteiger partial charge in [0.05, 0.1) is 16.5 Å². The van der Waals surface area contributed by atoms with E-state index in [0.29, 0.717) is 57.5 Å². The van der Waals surface area contributed by atoms with Crippen molar-refractivity contribution in [1.82, 2.24) is 24.6 Å². The third kappa shape index (κ3) is 4.61. The summed E-state index contributed by atoms with van der Waals surface area (Å²) < 4.78 is 21.1. The summed E-state index contributed by atoms with van der Waals surface area (Å²) in [6.45, 7) is 4.96. The normalized spacial score (nSPS) is 15.7. The third-order valence-corrected chi connectivity index (χ3v) is 6.55. The molecule has 1 saturated heterocycles. The summed E-state index contributed by atoms with van der Waals surface area (Å²) in [5, 5.41) is 5.87. The second-order valence-corrected chi connectivity index (χ2v) is 9.00. The molecule has 1 atom stereocenters. The highest BCUT2D eigenvalue weighted by atomic mass is 35.5. The molecular weight excluding hydrogens is 483 g/mol. The summed E-state index contributed by atoms with van der Waals surface area (Å²) in [6.07, 6.45) is 4.40. The molecular formula is C26H24ClFN6O2. The Morgan fingerprint density at radius 1 is 1.28 bits per heavy atom. The van der Waals surface area contributed by atoms with Crippen LogP contribution in [-0.4, -0.2) is 43.6 Å². The van der Waals surface area contributed by atoms with Crippen LogP contribution in [0.25, 0.3) is 22.3 Å². The van der Waals surface area contributed by atoms with Gasteiger partial charge in [-0.2, -0.15) is 5.10 Å². The topological polar surface area (TPSA) is 99.2 Å². The molecule has 0 radical (unpaired) electrons. The van der Waals surface area contributed by atoms with Gasteiger partial charge in [0.25, 0.3) is 0 Å².